The Kier molecular flexibility index (Phi) is 7.33. The van der Waals surface area contributed by atoms with Crippen LogP contribution in [0.3, 0.4) is 0 Å². The highest BCUT2D eigenvalue weighted by atomic mass is 31.1. The molecule has 2 N–H and O–H groups in total. The van der Waals surface area contributed by atoms with E-state index in [0.29, 0.717) is 17.6 Å². The lowest BCUT2D eigenvalue weighted by molar-refractivity contribution is -0.0226. The summed E-state index contributed by atoms with van der Waals surface area (Å²) in [6.45, 7) is 4.59. The molecular weight excluding hydrogens is 447 g/mol. The minimum absolute atomic E-state index is 0.0883. The molecule has 2 saturated carbocycles. The van der Waals surface area contributed by atoms with E-state index in [1.165, 1.54) is 47.2 Å². The maximum absolute atomic E-state index is 10.4. The minimum Gasteiger partial charge on any atom is -0.508 e. The molecule has 0 aromatic heterocycles. The van der Waals surface area contributed by atoms with Gasteiger partial charge in [0, 0.05) is 0 Å². The number of hydrogen-bond donors (Lipinski definition) is 2. The first-order valence-corrected chi connectivity index (χ1v) is 14.9. The van der Waals surface area contributed by atoms with Crippen molar-refractivity contribution in [2.45, 2.75) is 64.4 Å². The molecule has 184 valence electrons. The summed E-state index contributed by atoms with van der Waals surface area (Å²) in [5.41, 5.74) is 2.99. The fourth-order valence-electron chi connectivity index (χ4n) is 7.27. The molecule has 0 unspecified atom stereocenters. The van der Waals surface area contributed by atoms with E-state index < -0.39 is 0 Å². The summed E-state index contributed by atoms with van der Waals surface area (Å²) in [5, 5.41) is 23.0. The number of aromatic hydroxyl groups is 1. The van der Waals surface area contributed by atoms with E-state index in [2.05, 4.69) is 80.6 Å². The molecule has 2 fully saturated rings. The van der Waals surface area contributed by atoms with Gasteiger partial charge in [0.05, 0.1) is 6.10 Å². The molecule has 0 saturated heterocycles. The molecule has 35 heavy (non-hydrogen) atoms. The quantitative estimate of drug-likeness (QED) is 0.402. The van der Waals surface area contributed by atoms with Crippen LogP contribution in [-0.4, -0.2) is 22.5 Å². The van der Waals surface area contributed by atoms with Gasteiger partial charge in [-0.2, -0.15) is 0 Å². The Hall–Kier alpha value is -2.15. The SMILES string of the molecule is CCP(c1ccccc1)c1ccccc1.C[C@]12CC[C@@H]3c4ccc(O)cc4CC[C@H]3[C@@H]1CC[C@@H]2O. The van der Waals surface area contributed by atoms with E-state index in [0.717, 1.165) is 25.2 Å². The summed E-state index contributed by atoms with van der Waals surface area (Å²) in [4.78, 5) is 0. The number of aryl methyl sites for hydroxylation is 1. The fraction of sp³-hybridized carbons (Fsp3) is 0.438. The van der Waals surface area contributed by atoms with Crippen LogP contribution < -0.4 is 10.6 Å². The summed E-state index contributed by atoms with van der Waals surface area (Å²) in [7, 11) is -0.149. The fourth-order valence-corrected chi connectivity index (χ4v) is 9.36. The number of benzene rings is 3. The summed E-state index contributed by atoms with van der Waals surface area (Å²) in [6.07, 6.45) is 7.99. The van der Waals surface area contributed by atoms with Gasteiger partial charge in [0.25, 0.3) is 0 Å². The van der Waals surface area contributed by atoms with Gasteiger partial charge >= 0.3 is 0 Å². The molecule has 5 atom stereocenters. The lowest BCUT2D eigenvalue weighted by atomic mass is 9.55. The van der Waals surface area contributed by atoms with Crippen LogP contribution >= 0.6 is 7.92 Å². The number of aliphatic hydroxyl groups excluding tert-OH is 1. The van der Waals surface area contributed by atoms with Gasteiger partial charge in [-0.15, -0.1) is 0 Å². The molecule has 3 aromatic rings. The Morgan fingerprint density at radius 2 is 1.51 bits per heavy atom. The Morgan fingerprint density at radius 1 is 0.857 bits per heavy atom. The van der Waals surface area contributed by atoms with Gasteiger partial charge in [-0.05, 0) is 110 Å². The number of phenolic OH excluding ortho intramolecular Hbond substituents is 1. The van der Waals surface area contributed by atoms with Crippen LogP contribution in [0.25, 0.3) is 0 Å². The van der Waals surface area contributed by atoms with Crippen molar-refractivity contribution >= 4 is 18.5 Å². The number of aliphatic hydroxyl groups is 1. The van der Waals surface area contributed by atoms with Crippen LogP contribution in [0.4, 0.5) is 0 Å². The Labute approximate surface area is 212 Å². The Bertz CT molecular complexity index is 1080. The molecule has 0 amide bonds. The van der Waals surface area contributed by atoms with Crippen molar-refractivity contribution < 1.29 is 10.2 Å². The average molecular weight is 487 g/mol. The van der Waals surface area contributed by atoms with Crippen LogP contribution in [-0.2, 0) is 6.42 Å². The zero-order valence-electron chi connectivity index (χ0n) is 21.1. The first-order chi connectivity index (χ1) is 17.0. The summed E-state index contributed by atoms with van der Waals surface area (Å²) in [5.74, 6) is 2.49. The third kappa shape index (κ3) is 4.81. The first-order valence-electron chi connectivity index (χ1n) is 13.4. The van der Waals surface area contributed by atoms with Crippen LogP contribution in [0.2, 0.25) is 0 Å². The van der Waals surface area contributed by atoms with E-state index in [4.69, 9.17) is 0 Å². The standard InChI is InChI=1S/C18H24O2.C14H15P/c1-18-9-8-14-13-5-3-12(19)10-11(13)2-4-15(14)16(18)6-7-17(18)20;1-2-15(13-9-5-3-6-10-13)14-11-7-4-8-12-14/h3,5,10,14-17,19-20H,2,4,6-9H2,1H3;3-12H,2H2,1H3/t14-,15-,16+,17+,18+;/m1./s1. The maximum atomic E-state index is 10.4. The molecule has 6 rings (SSSR count). The van der Waals surface area contributed by atoms with Crippen molar-refractivity contribution in [1.29, 1.82) is 0 Å². The van der Waals surface area contributed by atoms with Gasteiger partial charge in [0.15, 0.2) is 0 Å². The third-order valence-corrected chi connectivity index (χ3v) is 11.6. The molecular formula is C32H39O2P. The van der Waals surface area contributed by atoms with Gasteiger partial charge in [-0.1, -0.05) is 80.6 Å². The van der Waals surface area contributed by atoms with Crippen molar-refractivity contribution in [3.05, 3.63) is 90.0 Å². The monoisotopic (exact) mass is 486 g/mol. The van der Waals surface area contributed by atoms with E-state index in [1.807, 2.05) is 12.1 Å². The number of fused-ring (bicyclic) bond motifs is 5. The zero-order chi connectivity index (χ0) is 24.4. The summed E-state index contributed by atoms with van der Waals surface area (Å²) in [6, 6.07) is 27.6. The van der Waals surface area contributed by atoms with Gasteiger partial charge in [-0.25, -0.2) is 0 Å². The van der Waals surface area contributed by atoms with Gasteiger partial charge in [0.1, 0.15) is 5.75 Å². The number of hydrogen-bond acceptors (Lipinski definition) is 2. The second kappa shape index (κ2) is 10.5. The predicted molar refractivity (Wildman–Crippen MR) is 148 cm³/mol. The van der Waals surface area contributed by atoms with E-state index >= 15 is 0 Å². The van der Waals surface area contributed by atoms with Crippen molar-refractivity contribution in [2.75, 3.05) is 6.16 Å². The molecule has 3 aliphatic rings. The molecule has 3 heteroatoms. The van der Waals surface area contributed by atoms with Gasteiger partial charge < -0.3 is 10.2 Å². The van der Waals surface area contributed by atoms with Crippen molar-refractivity contribution in [2.24, 2.45) is 17.3 Å². The predicted octanol–water partition coefficient (Wildman–Crippen LogP) is 6.75. The molecule has 0 heterocycles. The third-order valence-electron chi connectivity index (χ3n) is 9.11. The maximum Gasteiger partial charge on any atom is 0.115 e. The van der Waals surface area contributed by atoms with Crippen LogP contribution in [0.5, 0.6) is 5.75 Å². The topological polar surface area (TPSA) is 40.5 Å². The molecule has 3 aliphatic carbocycles. The Morgan fingerprint density at radius 3 is 2.14 bits per heavy atom. The second-order valence-electron chi connectivity index (χ2n) is 10.9. The van der Waals surface area contributed by atoms with Crippen LogP contribution in [0.1, 0.15) is 63.0 Å². The second-order valence-corrected chi connectivity index (χ2v) is 13.4. The average Bonchev–Trinajstić information content (AvgIpc) is 3.20. The molecule has 2 nitrogen and oxygen atoms in total. The highest BCUT2D eigenvalue weighted by Gasteiger charge is 2.54. The van der Waals surface area contributed by atoms with E-state index in [1.54, 1.807) is 0 Å². The van der Waals surface area contributed by atoms with Gasteiger partial charge in [0.2, 0.25) is 0 Å². The highest BCUT2D eigenvalue weighted by Crippen LogP contribution is 2.60. The largest absolute Gasteiger partial charge is 0.508 e. The van der Waals surface area contributed by atoms with E-state index in [-0.39, 0.29) is 19.4 Å². The lowest BCUT2D eigenvalue weighted by Gasteiger charge is -2.50. The Balaban J connectivity index is 0.000000152. The zero-order valence-corrected chi connectivity index (χ0v) is 22.0. The molecule has 0 radical (unpaired) electrons. The number of phenols is 1. The molecule has 0 aliphatic heterocycles. The first kappa shape index (κ1) is 24.5. The van der Waals surface area contributed by atoms with Gasteiger partial charge in [-0.3, -0.25) is 0 Å². The molecule has 0 spiro atoms. The van der Waals surface area contributed by atoms with Crippen molar-refractivity contribution in [1.82, 2.24) is 0 Å². The van der Waals surface area contributed by atoms with Crippen molar-refractivity contribution in [3.63, 3.8) is 0 Å². The van der Waals surface area contributed by atoms with Crippen LogP contribution in [0, 0.1) is 17.3 Å². The summed E-state index contributed by atoms with van der Waals surface area (Å²) < 4.78 is 0. The van der Waals surface area contributed by atoms with Crippen LogP contribution in [0.15, 0.2) is 78.9 Å². The summed E-state index contributed by atoms with van der Waals surface area (Å²) >= 11 is 0. The molecule has 3 aromatic carbocycles. The number of rotatable bonds is 3. The highest BCUT2D eigenvalue weighted by molar-refractivity contribution is 7.72. The van der Waals surface area contributed by atoms with Crippen molar-refractivity contribution in [3.8, 4) is 5.75 Å². The normalized spacial score (nSPS) is 28.9. The molecule has 0 bridgehead atoms. The smallest absolute Gasteiger partial charge is 0.115 e. The minimum atomic E-state index is -0.149. The lowest BCUT2D eigenvalue weighted by Crippen LogP contribution is -2.43. The van der Waals surface area contributed by atoms with E-state index in [9.17, 15) is 10.2 Å².